The summed E-state index contributed by atoms with van der Waals surface area (Å²) < 4.78 is 37.6. The number of aliphatic imine (C=N–C) groups is 1. The molecule has 1 fully saturated rings. The quantitative estimate of drug-likeness (QED) is 0.426. The van der Waals surface area contributed by atoms with Crippen molar-refractivity contribution >= 4 is 17.3 Å². The van der Waals surface area contributed by atoms with E-state index in [-0.39, 0.29) is 0 Å². The maximum absolute atomic E-state index is 12.5. The van der Waals surface area contributed by atoms with E-state index in [1.807, 2.05) is 0 Å². The second-order valence-corrected chi connectivity index (χ2v) is 7.62. The molecule has 2 N–H and O–H groups in total. The van der Waals surface area contributed by atoms with E-state index in [9.17, 15) is 13.2 Å². The zero-order valence-electron chi connectivity index (χ0n) is 15.4. The van der Waals surface area contributed by atoms with E-state index < -0.39 is 11.9 Å². The fraction of sp³-hybridized carbons (Fsp3) is 0.765. The average Bonchev–Trinajstić information content (AvgIpc) is 3.08. The van der Waals surface area contributed by atoms with Crippen molar-refractivity contribution in [3.63, 3.8) is 0 Å². The van der Waals surface area contributed by atoms with Crippen LogP contribution in [0.5, 0.6) is 0 Å². The summed E-state index contributed by atoms with van der Waals surface area (Å²) in [4.78, 5) is 10.3. The minimum Gasteiger partial charge on any atom is -0.356 e. The van der Waals surface area contributed by atoms with Gasteiger partial charge in [0.15, 0.2) is 11.7 Å². The summed E-state index contributed by atoms with van der Waals surface area (Å²) in [6.07, 6.45) is -0.330. The van der Waals surface area contributed by atoms with E-state index in [0.29, 0.717) is 23.9 Å². The zero-order valence-corrected chi connectivity index (χ0v) is 16.2. The normalized spacial score (nSPS) is 17.5. The third kappa shape index (κ3) is 7.11. The van der Waals surface area contributed by atoms with Gasteiger partial charge >= 0.3 is 6.18 Å². The monoisotopic (exact) mass is 391 g/mol. The van der Waals surface area contributed by atoms with E-state index in [1.165, 1.54) is 25.9 Å². The summed E-state index contributed by atoms with van der Waals surface area (Å²) in [6.45, 7) is 7.07. The fourth-order valence-corrected chi connectivity index (χ4v) is 3.66. The number of thiazole rings is 1. The van der Waals surface area contributed by atoms with E-state index in [4.69, 9.17) is 0 Å². The molecule has 1 aromatic heterocycles. The van der Waals surface area contributed by atoms with E-state index in [2.05, 4.69) is 32.4 Å². The molecule has 0 amide bonds. The minimum absolute atomic E-state index is 0.438. The molecule has 0 bridgehead atoms. The van der Waals surface area contributed by atoms with Crippen molar-refractivity contribution in [2.24, 2.45) is 10.9 Å². The van der Waals surface area contributed by atoms with Crippen LogP contribution in [0, 0.1) is 5.92 Å². The molecule has 0 aromatic carbocycles. The van der Waals surface area contributed by atoms with Crippen molar-refractivity contribution in [2.75, 3.05) is 39.8 Å². The predicted molar refractivity (Wildman–Crippen MR) is 99.6 cm³/mol. The van der Waals surface area contributed by atoms with Gasteiger partial charge in [0.2, 0.25) is 0 Å². The summed E-state index contributed by atoms with van der Waals surface area (Å²) in [6, 6.07) is 0. The number of piperidine rings is 1. The Kier molecular flexibility index (Phi) is 8.15. The van der Waals surface area contributed by atoms with Crippen molar-refractivity contribution in [2.45, 2.75) is 38.8 Å². The molecule has 2 rings (SSSR count). The molecular weight excluding hydrogens is 363 g/mol. The first-order chi connectivity index (χ1) is 12.4. The average molecular weight is 392 g/mol. The molecule has 0 radical (unpaired) electrons. The lowest BCUT2D eigenvalue weighted by molar-refractivity contribution is -0.140. The molecule has 0 unspecified atom stereocenters. The number of hydrogen-bond donors (Lipinski definition) is 2. The summed E-state index contributed by atoms with van der Waals surface area (Å²) in [5.41, 5.74) is -0.813. The van der Waals surface area contributed by atoms with Gasteiger partial charge in [0.05, 0.1) is 5.01 Å². The second kappa shape index (κ2) is 10.1. The third-order valence-corrected chi connectivity index (χ3v) is 5.43. The van der Waals surface area contributed by atoms with Crippen molar-refractivity contribution in [1.29, 1.82) is 0 Å². The topological polar surface area (TPSA) is 52.6 Å². The van der Waals surface area contributed by atoms with Gasteiger partial charge in [0, 0.05) is 31.9 Å². The van der Waals surface area contributed by atoms with Gasteiger partial charge in [-0.25, -0.2) is 4.98 Å². The number of aromatic nitrogens is 1. The Hall–Kier alpha value is -1.35. The Morgan fingerprint density at radius 3 is 2.62 bits per heavy atom. The lowest BCUT2D eigenvalue weighted by atomic mass is 9.99. The molecule has 5 nitrogen and oxygen atoms in total. The summed E-state index contributed by atoms with van der Waals surface area (Å²) in [5.74, 6) is 1.52. The van der Waals surface area contributed by atoms with Gasteiger partial charge in [0.25, 0.3) is 0 Å². The second-order valence-electron chi connectivity index (χ2n) is 6.68. The molecular formula is C17H28F3N5S. The number of halogens is 3. The Morgan fingerprint density at radius 2 is 2.00 bits per heavy atom. The van der Waals surface area contributed by atoms with Crippen molar-refractivity contribution in [3.8, 4) is 0 Å². The largest absolute Gasteiger partial charge is 0.434 e. The third-order valence-electron chi connectivity index (χ3n) is 4.52. The Labute approximate surface area is 157 Å². The van der Waals surface area contributed by atoms with Crippen molar-refractivity contribution in [1.82, 2.24) is 20.5 Å². The van der Waals surface area contributed by atoms with E-state index >= 15 is 0 Å². The van der Waals surface area contributed by atoms with Crippen LogP contribution in [0.1, 0.15) is 36.9 Å². The highest BCUT2D eigenvalue weighted by Gasteiger charge is 2.33. The minimum atomic E-state index is -4.37. The molecule has 0 saturated carbocycles. The zero-order chi connectivity index (χ0) is 19.0. The summed E-state index contributed by atoms with van der Waals surface area (Å²) in [7, 11) is 1.69. The maximum atomic E-state index is 12.5. The number of nitrogens with zero attached hydrogens (tertiary/aromatic N) is 3. The van der Waals surface area contributed by atoms with Crippen LogP contribution in [0.2, 0.25) is 0 Å². The predicted octanol–water partition coefficient (Wildman–Crippen LogP) is 2.99. The molecule has 26 heavy (non-hydrogen) atoms. The van der Waals surface area contributed by atoms with Crippen LogP contribution in [0.3, 0.4) is 0 Å². The number of guanidine groups is 1. The highest BCUT2D eigenvalue weighted by Crippen LogP contribution is 2.29. The Balaban J connectivity index is 1.60. The summed E-state index contributed by atoms with van der Waals surface area (Å²) >= 11 is 1.04. The molecule has 9 heteroatoms. The number of nitrogens with one attached hydrogen (secondary N) is 2. The standard InChI is InChI=1S/C17H28F3N5S/c1-13-5-10-25(11-6-13)9-3-7-22-16(21-2)23-8-4-15-24-14(12-26-15)17(18,19)20/h12-13H,3-11H2,1-2H3,(H2,21,22,23). The molecule has 1 aliphatic rings. The van der Waals surface area contributed by atoms with Crippen LogP contribution >= 0.6 is 11.3 Å². The van der Waals surface area contributed by atoms with Crippen LogP contribution in [0.25, 0.3) is 0 Å². The van der Waals surface area contributed by atoms with Crippen LogP contribution in [-0.2, 0) is 12.6 Å². The Morgan fingerprint density at radius 1 is 1.31 bits per heavy atom. The first kappa shape index (κ1) is 21.0. The molecule has 0 atom stereocenters. The highest BCUT2D eigenvalue weighted by atomic mass is 32.1. The van der Waals surface area contributed by atoms with Gasteiger partial charge in [0.1, 0.15) is 0 Å². The van der Waals surface area contributed by atoms with Gasteiger partial charge in [-0.15, -0.1) is 11.3 Å². The molecule has 0 spiro atoms. The fourth-order valence-electron chi connectivity index (χ4n) is 2.86. The van der Waals surface area contributed by atoms with E-state index in [0.717, 1.165) is 42.1 Å². The number of hydrogen-bond acceptors (Lipinski definition) is 4. The molecule has 2 heterocycles. The SMILES string of the molecule is CN=C(NCCCN1CCC(C)CC1)NCCc1nc(C(F)(F)F)cs1. The number of likely N-dealkylation sites (tertiary alicyclic amines) is 1. The molecule has 1 saturated heterocycles. The van der Waals surface area contributed by atoms with Gasteiger partial charge in [-0.1, -0.05) is 6.92 Å². The van der Waals surface area contributed by atoms with Gasteiger partial charge in [-0.3, -0.25) is 4.99 Å². The van der Waals surface area contributed by atoms with E-state index in [1.54, 1.807) is 7.05 Å². The van der Waals surface area contributed by atoms with Gasteiger partial charge in [-0.05, 0) is 44.8 Å². The van der Waals surface area contributed by atoms with Crippen LogP contribution in [0.15, 0.2) is 10.4 Å². The van der Waals surface area contributed by atoms with Gasteiger partial charge < -0.3 is 15.5 Å². The van der Waals surface area contributed by atoms with Gasteiger partial charge in [-0.2, -0.15) is 13.2 Å². The lowest BCUT2D eigenvalue weighted by Gasteiger charge is -2.30. The number of rotatable bonds is 7. The van der Waals surface area contributed by atoms with Crippen molar-refractivity contribution < 1.29 is 13.2 Å². The smallest absolute Gasteiger partial charge is 0.356 e. The molecule has 148 valence electrons. The lowest BCUT2D eigenvalue weighted by Crippen LogP contribution is -2.40. The number of alkyl halides is 3. The molecule has 1 aliphatic heterocycles. The summed E-state index contributed by atoms with van der Waals surface area (Å²) in [5, 5.41) is 7.90. The van der Waals surface area contributed by atoms with Crippen LogP contribution < -0.4 is 10.6 Å². The highest BCUT2D eigenvalue weighted by molar-refractivity contribution is 7.09. The molecule has 0 aliphatic carbocycles. The van der Waals surface area contributed by atoms with Crippen LogP contribution in [-0.4, -0.2) is 55.6 Å². The van der Waals surface area contributed by atoms with Crippen molar-refractivity contribution in [3.05, 3.63) is 16.1 Å². The first-order valence-electron chi connectivity index (χ1n) is 9.07. The molecule has 1 aromatic rings. The van der Waals surface area contributed by atoms with Crippen LogP contribution in [0.4, 0.5) is 13.2 Å². The Bertz CT molecular complexity index is 565. The maximum Gasteiger partial charge on any atom is 0.434 e. The first-order valence-corrected chi connectivity index (χ1v) is 9.95.